The van der Waals surface area contributed by atoms with Gasteiger partial charge in [0.25, 0.3) is 0 Å². The molecule has 1 atom stereocenters. The summed E-state index contributed by atoms with van der Waals surface area (Å²) < 4.78 is 0.964. The standard InChI is InChI=1S/C15H24BrNO2/c1-4-13(5-2)17(8-9-18)15-7-6-12(11(3)19)10-14(15)16/h6-7,10-11,13,18-19H,4-5,8-9H2,1-3H3. The van der Waals surface area contributed by atoms with Crippen molar-refractivity contribution in [2.75, 3.05) is 18.1 Å². The highest BCUT2D eigenvalue weighted by atomic mass is 79.9. The summed E-state index contributed by atoms with van der Waals surface area (Å²) >= 11 is 3.58. The van der Waals surface area contributed by atoms with Gasteiger partial charge in [-0.2, -0.15) is 0 Å². The molecule has 0 amide bonds. The van der Waals surface area contributed by atoms with Crippen LogP contribution in [-0.2, 0) is 0 Å². The van der Waals surface area contributed by atoms with Gasteiger partial charge in [-0.3, -0.25) is 0 Å². The summed E-state index contributed by atoms with van der Waals surface area (Å²) in [7, 11) is 0. The van der Waals surface area contributed by atoms with E-state index in [0.29, 0.717) is 12.6 Å². The van der Waals surface area contributed by atoms with Gasteiger partial charge in [0.05, 0.1) is 18.4 Å². The van der Waals surface area contributed by atoms with Gasteiger partial charge >= 0.3 is 0 Å². The zero-order valence-electron chi connectivity index (χ0n) is 11.9. The van der Waals surface area contributed by atoms with Gasteiger partial charge in [0, 0.05) is 17.1 Å². The highest BCUT2D eigenvalue weighted by Crippen LogP contribution is 2.31. The minimum atomic E-state index is -0.468. The maximum atomic E-state index is 9.61. The molecular formula is C15H24BrNO2. The average Bonchev–Trinajstić information content (AvgIpc) is 2.39. The Kier molecular flexibility index (Phi) is 6.83. The zero-order chi connectivity index (χ0) is 14.4. The number of benzene rings is 1. The lowest BCUT2D eigenvalue weighted by Crippen LogP contribution is -2.37. The second kappa shape index (κ2) is 7.88. The second-order valence-electron chi connectivity index (χ2n) is 4.77. The van der Waals surface area contributed by atoms with Gasteiger partial charge in [0.1, 0.15) is 0 Å². The van der Waals surface area contributed by atoms with Crippen molar-refractivity contribution in [2.45, 2.75) is 45.8 Å². The Labute approximate surface area is 124 Å². The van der Waals surface area contributed by atoms with E-state index in [9.17, 15) is 10.2 Å². The van der Waals surface area contributed by atoms with Gasteiger partial charge in [-0.25, -0.2) is 0 Å². The average molecular weight is 330 g/mol. The molecular weight excluding hydrogens is 306 g/mol. The third-order valence-corrected chi connectivity index (χ3v) is 4.12. The van der Waals surface area contributed by atoms with Crippen molar-refractivity contribution in [3.63, 3.8) is 0 Å². The Balaban J connectivity index is 3.08. The Bertz CT molecular complexity index is 392. The first-order valence-corrected chi connectivity index (χ1v) is 7.69. The summed E-state index contributed by atoms with van der Waals surface area (Å²) in [6, 6.07) is 6.32. The van der Waals surface area contributed by atoms with Crippen LogP contribution in [-0.4, -0.2) is 29.4 Å². The molecule has 2 N–H and O–H groups in total. The highest BCUT2D eigenvalue weighted by Gasteiger charge is 2.18. The number of aliphatic hydroxyl groups is 2. The molecule has 0 heterocycles. The third-order valence-electron chi connectivity index (χ3n) is 3.49. The van der Waals surface area contributed by atoms with E-state index in [1.54, 1.807) is 6.92 Å². The Hall–Kier alpha value is -0.580. The maximum Gasteiger partial charge on any atom is 0.0762 e. The van der Waals surface area contributed by atoms with Gasteiger partial charge in [0.15, 0.2) is 0 Å². The highest BCUT2D eigenvalue weighted by molar-refractivity contribution is 9.10. The number of hydrogen-bond acceptors (Lipinski definition) is 3. The van der Waals surface area contributed by atoms with Crippen LogP contribution in [0.1, 0.15) is 45.3 Å². The first-order valence-electron chi connectivity index (χ1n) is 6.90. The fraction of sp³-hybridized carbons (Fsp3) is 0.600. The molecule has 0 aromatic heterocycles. The van der Waals surface area contributed by atoms with E-state index in [1.165, 1.54) is 0 Å². The molecule has 19 heavy (non-hydrogen) atoms. The lowest BCUT2D eigenvalue weighted by molar-refractivity contribution is 0.199. The van der Waals surface area contributed by atoms with Crippen LogP contribution in [0.4, 0.5) is 5.69 Å². The summed E-state index contributed by atoms with van der Waals surface area (Å²) in [5.41, 5.74) is 1.97. The van der Waals surface area contributed by atoms with Crippen molar-refractivity contribution in [3.8, 4) is 0 Å². The Morgan fingerprint density at radius 2 is 1.89 bits per heavy atom. The molecule has 108 valence electrons. The van der Waals surface area contributed by atoms with E-state index in [0.717, 1.165) is 28.6 Å². The van der Waals surface area contributed by atoms with E-state index in [2.05, 4.69) is 34.7 Å². The minimum absolute atomic E-state index is 0.140. The van der Waals surface area contributed by atoms with E-state index < -0.39 is 6.10 Å². The minimum Gasteiger partial charge on any atom is -0.395 e. The maximum absolute atomic E-state index is 9.61. The Morgan fingerprint density at radius 1 is 1.26 bits per heavy atom. The molecule has 4 heteroatoms. The zero-order valence-corrected chi connectivity index (χ0v) is 13.5. The van der Waals surface area contributed by atoms with Crippen LogP contribution < -0.4 is 4.90 Å². The summed E-state index contributed by atoms with van der Waals surface area (Å²) in [6.07, 6.45) is 1.62. The van der Waals surface area contributed by atoms with Crippen molar-refractivity contribution in [3.05, 3.63) is 28.2 Å². The van der Waals surface area contributed by atoms with Crippen molar-refractivity contribution in [1.29, 1.82) is 0 Å². The van der Waals surface area contributed by atoms with Crippen LogP contribution in [0.25, 0.3) is 0 Å². The number of anilines is 1. The normalized spacial score (nSPS) is 12.8. The molecule has 3 nitrogen and oxygen atoms in total. The summed E-state index contributed by atoms with van der Waals surface area (Å²) in [5, 5.41) is 18.9. The van der Waals surface area contributed by atoms with Crippen molar-refractivity contribution in [1.82, 2.24) is 0 Å². The molecule has 0 aliphatic heterocycles. The van der Waals surface area contributed by atoms with Crippen LogP contribution in [0, 0.1) is 0 Å². The van der Waals surface area contributed by atoms with Crippen molar-refractivity contribution in [2.24, 2.45) is 0 Å². The first-order chi connectivity index (χ1) is 9.04. The first kappa shape index (κ1) is 16.5. The fourth-order valence-electron chi connectivity index (χ4n) is 2.35. The van der Waals surface area contributed by atoms with E-state index in [4.69, 9.17) is 0 Å². The number of nitrogens with zero attached hydrogens (tertiary/aromatic N) is 1. The molecule has 0 aliphatic rings. The van der Waals surface area contributed by atoms with Crippen molar-refractivity contribution < 1.29 is 10.2 Å². The third kappa shape index (κ3) is 4.20. The predicted molar refractivity (Wildman–Crippen MR) is 83.6 cm³/mol. The summed E-state index contributed by atoms with van der Waals surface area (Å²) in [4.78, 5) is 2.23. The van der Waals surface area contributed by atoms with Crippen molar-refractivity contribution >= 4 is 21.6 Å². The molecule has 1 aromatic rings. The van der Waals surface area contributed by atoms with Crippen LogP contribution in [0.3, 0.4) is 0 Å². The van der Waals surface area contributed by atoms with E-state index in [1.807, 2.05) is 18.2 Å². The van der Waals surface area contributed by atoms with Gasteiger partial charge in [-0.05, 0) is 53.4 Å². The molecule has 0 saturated heterocycles. The monoisotopic (exact) mass is 329 g/mol. The van der Waals surface area contributed by atoms with Crippen LogP contribution in [0.5, 0.6) is 0 Å². The van der Waals surface area contributed by atoms with Gasteiger partial charge in [0.2, 0.25) is 0 Å². The Morgan fingerprint density at radius 3 is 2.32 bits per heavy atom. The number of rotatable bonds is 7. The van der Waals surface area contributed by atoms with Gasteiger partial charge in [-0.15, -0.1) is 0 Å². The van der Waals surface area contributed by atoms with Gasteiger partial charge in [-0.1, -0.05) is 19.9 Å². The lowest BCUT2D eigenvalue weighted by Gasteiger charge is -2.33. The van der Waals surface area contributed by atoms with Crippen LogP contribution in [0.15, 0.2) is 22.7 Å². The molecule has 0 bridgehead atoms. The van der Waals surface area contributed by atoms with Gasteiger partial charge < -0.3 is 15.1 Å². The molecule has 0 spiro atoms. The number of aliphatic hydroxyl groups excluding tert-OH is 2. The lowest BCUT2D eigenvalue weighted by atomic mass is 10.1. The summed E-state index contributed by atoms with van der Waals surface area (Å²) in [6.45, 7) is 6.85. The summed E-state index contributed by atoms with van der Waals surface area (Å²) in [5.74, 6) is 0. The number of halogens is 1. The largest absolute Gasteiger partial charge is 0.395 e. The SMILES string of the molecule is CCC(CC)N(CCO)c1ccc(C(C)O)cc1Br. The smallest absolute Gasteiger partial charge is 0.0762 e. The second-order valence-corrected chi connectivity index (χ2v) is 5.63. The predicted octanol–water partition coefficient (Wildman–Crippen LogP) is 3.49. The molecule has 1 unspecified atom stereocenters. The van der Waals surface area contributed by atoms with Crippen LogP contribution in [0.2, 0.25) is 0 Å². The van der Waals surface area contributed by atoms with E-state index in [-0.39, 0.29) is 6.61 Å². The number of hydrogen-bond donors (Lipinski definition) is 2. The molecule has 0 radical (unpaired) electrons. The molecule has 0 fully saturated rings. The quantitative estimate of drug-likeness (QED) is 0.804. The molecule has 1 rings (SSSR count). The van der Waals surface area contributed by atoms with E-state index >= 15 is 0 Å². The molecule has 0 aliphatic carbocycles. The molecule has 1 aromatic carbocycles. The van der Waals surface area contributed by atoms with Crippen LogP contribution >= 0.6 is 15.9 Å². The molecule has 0 saturated carbocycles. The fourth-order valence-corrected chi connectivity index (χ4v) is 2.98. The topological polar surface area (TPSA) is 43.7 Å².